The first kappa shape index (κ1) is 21.9. The van der Waals surface area contributed by atoms with Gasteiger partial charge in [-0.15, -0.1) is 16.4 Å². The lowest BCUT2D eigenvalue weighted by molar-refractivity contribution is -0.129. The molecule has 1 amide bonds. The Balaban J connectivity index is 1.14. The van der Waals surface area contributed by atoms with Crippen molar-refractivity contribution in [2.24, 2.45) is 0 Å². The molecule has 1 saturated heterocycles. The number of aromatic amines is 1. The van der Waals surface area contributed by atoms with Crippen molar-refractivity contribution >= 4 is 39.2 Å². The number of fused-ring (bicyclic) bond motifs is 1. The van der Waals surface area contributed by atoms with Crippen LogP contribution < -0.4 is 4.74 Å². The number of likely N-dealkylation sites (tertiary alicyclic amines) is 1. The Morgan fingerprint density at radius 1 is 1.21 bits per heavy atom. The normalized spacial score (nSPS) is 16.3. The van der Waals surface area contributed by atoms with Gasteiger partial charge in [0.1, 0.15) is 12.4 Å². The summed E-state index contributed by atoms with van der Waals surface area (Å²) in [4.78, 5) is 24.1. The molecule has 1 fully saturated rings. The van der Waals surface area contributed by atoms with Crippen molar-refractivity contribution in [1.29, 1.82) is 0 Å². The van der Waals surface area contributed by atoms with Gasteiger partial charge in [0.15, 0.2) is 5.82 Å². The highest BCUT2D eigenvalue weighted by molar-refractivity contribution is 7.99. The summed E-state index contributed by atoms with van der Waals surface area (Å²) in [5.74, 6) is 2.21. The SMILES string of the molecule is Cc1ccccc1OCc1nc(SCC(=O)N2CCC[C@H](c3nc4ccccc4s3)C2)n[nH]1. The third kappa shape index (κ3) is 5.20. The largest absolute Gasteiger partial charge is 0.485 e. The first-order valence-corrected chi connectivity index (χ1v) is 12.8. The van der Waals surface area contributed by atoms with Gasteiger partial charge in [-0.3, -0.25) is 9.89 Å². The van der Waals surface area contributed by atoms with Crippen LogP contribution in [0.5, 0.6) is 5.75 Å². The number of aromatic nitrogens is 4. The van der Waals surface area contributed by atoms with Gasteiger partial charge in [-0.25, -0.2) is 9.97 Å². The van der Waals surface area contributed by atoms with Crippen molar-refractivity contribution in [2.75, 3.05) is 18.8 Å². The van der Waals surface area contributed by atoms with E-state index < -0.39 is 0 Å². The maximum atomic E-state index is 12.9. The third-order valence-electron chi connectivity index (χ3n) is 5.73. The van der Waals surface area contributed by atoms with Crippen molar-refractivity contribution in [3.8, 4) is 5.75 Å². The molecule has 1 atom stereocenters. The van der Waals surface area contributed by atoms with Crippen LogP contribution in [-0.4, -0.2) is 49.8 Å². The standard InChI is InChI=1S/C24H25N5O2S2/c1-16-7-2-4-10-19(16)31-14-21-26-24(28-27-21)32-15-22(30)29-12-6-8-17(13-29)23-25-18-9-3-5-11-20(18)33-23/h2-5,7,9-11,17H,6,8,12-15H2,1H3,(H,26,27,28)/t17-/m0/s1. The molecule has 2 aromatic carbocycles. The Morgan fingerprint density at radius 3 is 2.94 bits per heavy atom. The number of para-hydroxylation sites is 2. The number of amides is 1. The van der Waals surface area contributed by atoms with Crippen molar-refractivity contribution < 1.29 is 9.53 Å². The van der Waals surface area contributed by atoms with Crippen molar-refractivity contribution in [1.82, 2.24) is 25.1 Å². The lowest BCUT2D eigenvalue weighted by Gasteiger charge is -2.31. The number of thioether (sulfide) groups is 1. The van der Waals surface area contributed by atoms with Crippen LogP contribution in [0.1, 0.15) is 35.2 Å². The molecular weight excluding hydrogens is 454 g/mol. The van der Waals surface area contributed by atoms with Crippen LogP contribution in [0.25, 0.3) is 10.2 Å². The van der Waals surface area contributed by atoms with Gasteiger partial charge in [0, 0.05) is 19.0 Å². The quantitative estimate of drug-likeness (QED) is 0.383. The molecule has 1 N–H and O–H groups in total. The monoisotopic (exact) mass is 479 g/mol. The number of piperidine rings is 1. The molecule has 0 spiro atoms. The van der Waals surface area contributed by atoms with Gasteiger partial charge in [-0.1, -0.05) is 42.1 Å². The Bertz CT molecular complexity index is 1220. The van der Waals surface area contributed by atoms with E-state index in [2.05, 4.69) is 27.3 Å². The van der Waals surface area contributed by atoms with E-state index in [1.165, 1.54) is 16.5 Å². The Labute approximate surface area is 200 Å². The van der Waals surface area contributed by atoms with Gasteiger partial charge in [0.25, 0.3) is 0 Å². The molecule has 2 aromatic heterocycles. The summed E-state index contributed by atoms with van der Waals surface area (Å²) >= 11 is 3.10. The molecule has 33 heavy (non-hydrogen) atoms. The number of carbonyl (C=O) groups is 1. The van der Waals surface area contributed by atoms with Gasteiger partial charge in [-0.2, -0.15) is 0 Å². The molecule has 0 unspecified atom stereocenters. The molecule has 0 aliphatic carbocycles. The number of nitrogens with zero attached hydrogens (tertiary/aromatic N) is 4. The van der Waals surface area contributed by atoms with Crippen LogP contribution >= 0.6 is 23.1 Å². The number of benzene rings is 2. The zero-order valence-electron chi connectivity index (χ0n) is 18.4. The summed E-state index contributed by atoms with van der Waals surface area (Å²) in [7, 11) is 0. The average molecular weight is 480 g/mol. The Hall–Kier alpha value is -2.91. The number of ether oxygens (including phenoxy) is 1. The van der Waals surface area contributed by atoms with Crippen LogP contribution in [0.15, 0.2) is 53.7 Å². The second-order valence-electron chi connectivity index (χ2n) is 8.11. The molecule has 5 rings (SSSR count). The molecule has 0 radical (unpaired) electrons. The summed E-state index contributed by atoms with van der Waals surface area (Å²) < 4.78 is 7.02. The third-order valence-corrected chi connectivity index (χ3v) is 7.76. The predicted octanol–water partition coefficient (Wildman–Crippen LogP) is 4.80. The highest BCUT2D eigenvalue weighted by Gasteiger charge is 2.27. The molecule has 1 aliphatic rings. The van der Waals surface area contributed by atoms with Gasteiger partial charge < -0.3 is 9.64 Å². The minimum atomic E-state index is 0.119. The lowest BCUT2D eigenvalue weighted by Crippen LogP contribution is -2.40. The van der Waals surface area contributed by atoms with Crippen LogP contribution in [0.3, 0.4) is 0 Å². The first-order chi connectivity index (χ1) is 16.2. The summed E-state index contributed by atoms with van der Waals surface area (Å²) in [5.41, 5.74) is 2.12. The highest BCUT2D eigenvalue weighted by atomic mass is 32.2. The zero-order valence-corrected chi connectivity index (χ0v) is 20.0. The van der Waals surface area contributed by atoms with Crippen molar-refractivity contribution in [3.05, 3.63) is 64.9 Å². The second-order valence-corrected chi connectivity index (χ2v) is 10.1. The van der Waals surface area contributed by atoms with E-state index in [0.29, 0.717) is 29.3 Å². The second kappa shape index (κ2) is 9.93. The maximum Gasteiger partial charge on any atom is 0.233 e. The first-order valence-electron chi connectivity index (χ1n) is 11.0. The fourth-order valence-corrected chi connectivity index (χ4v) is 5.77. The van der Waals surface area contributed by atoms with Crippen LogP contribution in [0.4, 0.5) is 0 Å². The maximum absolute atomic E-state index is 12.9. The smallest absolute Gasteiger partial charge is 0.233 e. The van der Waals surface area contributed by atoms with Gasteiger partial charge >= 0.3 is 0 Å². The fourth-order valence-electron chi connectivity index (χ4n) is 3.96. The summed E-state index contributed by atoms with van der Waals surface area (Å²) in [6.07, 6.45) is 2.07. The molecular formula is C24H25N5O2S2. The minimum absolute atomic E-state index is 0.119. The van der Waals surface area contributed by atoms with Gasteiger partial charge in [0.2, 0.25) is 11.1 Å². The highest BCUT2D eigenvalue weighted by Crippen LogP contribution is 2.33. The van der Waals surface area contributed by atoms with E-state index in [9.17, 15) is 4.79 Å². The topological polar surface area (TPSA) is 84.0 Å². The molecule has 4 aromatic rings. The van der Waals surface area contributed by atoms with Crippen LogP contribution in [0.2, 0.25) is 0 Å². The van der Waals surface area contributed by atoms with Gasteiger partial charge in [-0.05, 0) is 43.5 Å². The summed E-state index contributed by atoms with van der Waals surface area (Å²) in [6, 6.07) is 16.1. The summed E-state index contributed by atoms with van der Waals surface area (Å²) in [6.45, 7) is 3.83. The molecule has 9 heteroatoms. The number of rotatable bonds is 7. The predicted molar refractivity (Wildman–Crippen MR) is 131 cm³/mol. The lowest BCUT2D eigenvalue weighted by atomic mass is 9.99. The van der Waals surface area contributed by atoms with E-state index in [1.54, 1.807) is 11.3 Å². The van der Waals surface area contributed by atoms with E-state index >= 15 is 0 Å². The van der Waals surface area contributed by atoms with E-state index in [4.69, 9.17) is 9.72 Å². The molecule has 7 nitrogen and oxygen atoms in total. The minimum Gasteiger partial charge on any atom is -0.485 e. The number of H-pyrrole nitrogens is 1. The summed E-state index contributed by atoms with van der Waals surface area (Å²) in [5, 5.41) is 8.82. The van der Waals surface area contributed by atoms with Crippen LogP contribution in [0, 0.1) is 6.92 Å². The number of hydrogen-bond donors (Lipinski definition) is 1. The molecule has 1 aliphatic heterocycles. The van der Waals surface area contributed by atoms with E-state index in [0.717, 1.165) is 47.8 Å². The zero-order chi connectivity index (χ0) is 22.6. The molecule has 0 bridgehead atoms. The van der Waals surface area contributed by atoms with Crippen molar-refractivity contribution in [2.45, 2.75) is 37.4 Å². The number of thiazole rings is 1. The molecule has 170 valence electrons. The van der Waals surface area contributed by atoms with E-state index in [1.807, 2.05) is 48.2 Å². The number of hydrogen-bond acceptors (Lipinski definition) is 7. The van der Waals surface area contributed by atoms with Gasteiger partial charge in [0.05, 0.1) is 21.0 Å². The molecule has 3 heterocycles. The Morgan fingerprint density at radius 2 is 2.06 bits per heavy atom. The van der Waals surface area contributed by atoms with E-state index in [-0.39, 0.29) is 5.91 Å². The Kier molecular flexibility index (Phi) is 6.59. The number of aryl methyl sites for hydroxylation is 1. The number of carbonyl (C=O) groups excluding carboxylic acids is 1. The fraction of sp³-hybridized carbons (Fsp3) is 0.333. The van der Waals surface area contributed by atoms with Crippen LogP contribution in [-0.2, 0) is 11.4 Å². The van der Waals surface area contributed by atoms with Crippen molar-refractivity contribution in [3.63, 3.8) is 0 Å². The molecule has 0 saturated carbocycles. The average Bonchev–Trinajstić information content (AvgIpc) is 3.49. The number of nitrogens with one attached hydrogen (secondary N) is 1.